The number of phenols is 1. The monoisotopic (exact) mass is 247 g/mol. The lowest BCUT2D eigenvalue weighted by atomic mass is 9.97. The van der Waals surface area contributed by atoms with Crippen LogP contribution in [0.15, 0.2) is 12.3 Å². The highest BCUT2D eigenvalue weighted by Gasteiger charge is 2.19. The van der Waals surface area contributed by atoms with Crippen LogP contribution in [0.1, 0.15) is 11.1 Å². The molecule has 0 aliphatic rings. The zero-order chi connectivity index (χ0) is 13.4. The Morgan fingerprint density at radius 2 is 2.06 bits per heavy atom. The number of aryl methyl sites for hydroxylation is 2. The highest BCUT2D eigenvalue weighted by Crippen LogP contribution is 2.42. The van der Waals surface area contributed by atoms with E-state index >= 15 is 0 Å². The Kier molecular flexibility index (Phi) is 2.90. The number of nitrogens with two attached hydrogens (primary N) is 1. The SMILES string of the molecule is COc1cc(C)c(C)c(-c2cnn(C)c2N)c1O. The molecule has 1 aromatic carbocycles. The topological polar surface area (TPSA) is 73.3 Å². The minimum atomic E-state index is 0.0975. The van der Waals surface area contributed by atoms with Crippen molar-refractivity contribution in [1.29, 1.82) is 0 Å². The average Bonchev–Trinajstić information content (AvgIpc) is 2.66. The van der Waals surface area contributed by atoms with Gasteiger partial charge in [0.25, 0.3) is 0 Å². The van der Waals surface area contributed by atoms with Crippen LogP contribution in [-0.4, -0.2) is 22.0 Å². The van der Waals surface area contributed by atoms with Crippen molar-refractivity contribution in [2.75, 3.05) is 12.8 Å². The molecule has 0 radical (unpaired) electrons. The van der Waals surface area contributed by atoms with E-state index in [1.54, 1.807) is 24.0 Å². The molecular weight excluding hydrogens is 230 g/mol. The summed E-state index contributed by atoms with van der Waals surface area (Å²) in [5.41, 5.74) is 9.35. The quantitative estimate of drug-likeness (QED) is 0.851. The maximum Gasteiger partial charge on any atom is 0.166 e. The average molecular weight is 247 g/mol. The van der Waals surface area contributed by atoms with E-state index in [-0.39, 0.29) is 5.75 Å². The number of phenolic OH excluding ortho intramolecular Hbond substituents is 1. The van der Waals surface area contributed by atoms with Gasteiger partial charge in [-0.1, -0.05) is 0 Å². The second kappa shape index (κ2) is 4.25. The fraction of sp³-hybridized carbons (Fsp3) is 0.308. The number of nitrogen functional groups attached to an aromatic ring is 1. The molecule has 5 nitrogen and oxygen atoms in total. The number of nitrogens with zero attached hydrogens (tertiary/aromatic N) is 2. The number of rotatable bonds is 2. The summed E-state index contributed by atoms with van der Waals surface area (Å²) >= 11 is 0. The maximum atomic E-state index is 10.3. The van der Waals surface area contributed by atoms with E-state index in [0.29, 0.717) is 17.1 Å². The minimum absolute atomic E-state index is 0.0975. The Balaban J connectivity index is 2.78. The second-order valence-corrected chi connectivity index (χ2v) is 4.31. The lowest BCUT2D eigenvalue weighted by Gasteiger charge is -2.14. The smallest absolute Gasteiger partial charge is 0.166 e. The summed E-state index contributed by atoms with van der Waals surface area (Å²) in [4.78, 5) is 0. The van der Waals surface area contributed by atoms with Crippen LogP contribution in [0.25, 0.3) is 11.1 Å². The molecule has 1 heterocycles. The van der Waals surface area contributed by atoms with Gasteiger partial charge in [-0.05, 0) is 31.0 Å². The summed E-state index contributed by atoms with van der Waals surface area (Å²) in [7, 11) is 3.29. The van der Waals surface area contributed by atoms with Gasteiger partial charge in [-0.15, -0.1) is 0 Å². The van der Waals surface area contributed by atoms with Crippen molar-refractivity contribution in [3.8, 4) is 22.6 Å². The largest absolute Gasteiger partial charge is 0.504 e. The molecule has 0 fully saturated rings. The standard InChI is InChI=1S/C13H17N3O2/c1-7-5-10(18-4)12(17)11(8(7)2)9-6-15-16(3)13(9)14/h5-6,17H,14H2,1-4H3. The van der Waals surface area contributed by atoms with Crippen molar-refractivity contribution in [3.63, 3.8) is 0 Å². The summed E-state index contributed by atoms with van der Waals surface area (Å²) in [5, 5.41) is 14.4. The van der Waals surface area contributed by atoms with Crippen LogP contribution in [0.5, 0.6) is 11.5 Å². The van der Waals surface area contributed by atoms with E-state index in [0.717, 1.165) is 16.7 Å². The fourth-order valence-electron chi connectivity index (χ4n) is 2.00. The number of ether oxygens (including phenoxy) is 1. The van der Waals surface area contributed by atoms with Crippen molar-refractivity contribution in [1.82, 2.24) is 9.78 Å². The number of hydrogen-bond donors (Lipinski definition) is 2. The number of aromatic hydroxyl groups is 1. The first-order chi connectivity index (χ1) is 8.47. The van der Waals surface area contributed by atoms with Gasteiger partial charge < -0.3 is 15.6 Å². The van der Waals surface area contributed by atoms with Crippen molar-refractivity contribution in [2.24, 2.45) is 7.05 Å². The predicted octanol–water partition coefficient (Wildman–Crippen LogP) is 2.00. The van der Waals surface area contributed by atoms with Crippen molar-refractivity contribution < 1.29 is 9.84 Å². The molecule has 1 aromatic heterocycles. The van der Waals surface area contributed by atoms with Crippen LogP contribution in [-0.2, 0) is 7.05 Å². The molecule has 5 heteroatoms. The normalized spacial score (nSPS) is 10.7. The first kappa shape index (κ1) is 12.3. The molecule has 0 saturated carbocycles. The van der Waals surface area contributed by atoms with Gasteiger partial charge in [-0.2, -0.15) is 5.10 Å². The molecule has 2 aromatic rings. The van der Waals surface area contributed by atoms with Gasteiger partial charge >= 0.3 is 0 Å². The molecular formula is C13H17N3O2. The molecule has 0 bridgehead atoms. The Morgan fingerprint density at radius 1 is 1.39 bits per heavy atom. The third-order valence-electron chi connectivity index (χ3n) is 3.26. The van der Waals surface area contributed by atoms with Crippen LogP contribution in [0.4, 0.5) is 5.82 Å². The van der Waals surface area contributed by atoms with Crippen LogP contribution in [0, 0.1) is 13.8 Å². The first-order valence-corrected chi connectivity index (χ1v) is 5.62. The van der Waals surface area contributed by atoms with Gasteiger partial charge in [0.1, 0.15) is 5.82 Å². The lowest BCUT2D eigenvalue weighted by molar-refractivity contribution is 0.374. The van der Waals surface area contributed by atoms with E-state index < -0.39 is 0 Å². The summed E-state index contributed by atoms with van der Waals surface area (Å²) in [6, 6.07) is 1.81. The van der Waals surface area contributed by atoms with Crippen molar-refractivity contribution in [3.05, 3.63) is 23.4 Å². The van der Waals surface area contributed by atoms with Crippen LogP contribution in [0.2, 0.25) is 0 Å². The number of benzene rings is 1. The van der Waals surface area contributed by atoms with E-state index in [1.807, 2.05) is 13.8 Å². The third-order valence-corrected chi connectivity index (χ3v) is 3.26. The minimum Gasteiger partial charge on any atom is -0.504 e. The zero-order valence-corrected chi connectivity index (χ0v) is 11.0. The summed E-state index contributed by atoms with van der Waals surface area (Å²) in [5.74, 6) is 1.05. The Hall–Kier alpha value is -2.17. The zero-order valence-electron chi connectivity index (χ0n) is 11.0. The van der Waals surface area contributed by atoms with Crippen LogP contribution >= 0.6 is 0 Å². The third kappa shape index (κ3) is 1.68. The highest BCUT2D eigenvalue weighted by atomic mass is 16.5. The molecule has 0 spiro atoms. The highest BCUT2D eigenvalue weighted by molar-refractivity contribution is 5.83. The van der Waals surface area contributed by atoms with E-state index in [2.05, 4.69) is 5.10 Å². The number of hydrogen-bond acceptors (Lipinski definition) is 4. The molecule has 2 rings (SSSR count). The van der Waals surface area contributed by atoms with Gasteiger partial charge in [0.15, 0.2) is 11.5 Å². The Bertz CT molecular complexity index is 603. The van der Waals surface area contributed by atoms with E-state index in [1.165, 1.54) is 7.11 Å². The number of anilines is 1. The van der Waals surface area contributed by atoms with Gasteiger partial charge in [0.05, 0.1) is 13.3 Å². The van der Waals surface area contributed by atoms with Gasteiger partial charge in [-0.3, -0.25) is 4.68 Å². The van der Waals surface area contributed by atoms with Crippen LogP contribution in [0.3, 0.4) is 0 Å². The lowest BCUT2D eigenvalue weighted by Crippen LogP contribution is -1.99. The van der Waals surface area contributed by atoms with E-state index in [9.17, 15) is 5.11 Å². The number of aromatic nitrogens is 2. The molecule has 0 saturated heterocycles. The van der Waals surface area contributed by atoms with Gasteiger partial charge in [-0.25, -0.2) is 0 Å². The Morgan fingerprint density at radius 3 is 2.56 bits per heavy atom. The van der Waals surface area contributed by atoms with Gasteiger partial charge in [0.2, 0.25) is 0 Å². The summed E-state index contributed by atoms with van der Waals surface area (Å²) in [6.07, 6.45) is 1.65. The second-order valence-electron chi connectivity index (χ2n) is 4.31. The molecule has 18 heavy (non-hydrogen) atoms. The molecule has 3 N–H and O–H groups in total. The van der Waals surface area contributed by atoms with Crippen molar-refractivity contribution >= 4 is 5.82 Å². The van der Waals surface area contributed by atoms with Crippen LogP contribution < -0.4 is 10.5 Å². The Labute approximate surface area is 106 Å². The molecule has 0 unspecified atom stereocenters. The molecule has 0 atom stereocenters. The predicted molar refractivity (Wildman–Crippen MR) is 70.7 cm³/mol. The molecule has 96 valence electrons. The fourth-order valence-corrected chi connectivity index (χ4v) is 2.00. The molecule has 0 aliphatic heterocycles. The summed E-state index contributed by atoms with van der Waals surface area (Å²) in [6.45, 7) is 3.91. The molecule has 0 amide bonds. The molecule has 0 aliphatic carbocycles. The maximum absolute atomic E-state index is 10.3. The number of methoxy groups -OCH3 is 1. The van der Waals surface area contributed by atoms with Crippen molar-refractivity contribution in [2.45, 2.75) is 13.8 Å². The van der Waals surface area contributed by atoms with E-state index in [4.69, 9.17) is 10.5 Å². The van der Waals surface area contributed by atoms with Gasteiger partial charge in [0, 0.05) is 18.2 Å². The first-order valence-electron chi connectivity index (χ1n) is 5.62. The summed E-state index contributed by atoms with van der Waals surface area (Å²) < 4.78 is 6.74.